The topological polar surface area (TPSA) is 48.0 Å². The third-order valence-electron chi connectivity index (χ3n) is 8.67. The summed E-state index contributed by atoms with van der Waals surface area (Å²) in [6.07, 6.45) is 4.18. The first-order valence-corrected chi connectivity index (χ1v) is 16.5. The fraction of sp³-hybridized carbons (Fsp3) is 0.375. The molecule has 4 aromatic carbocycles. The van der Waals surface area contributed by atoms with Crippen LogP contribution < -0.4 is 4.74 Å². The SMILES string of the molecule is CCCc1ccc2c(c1)C(N(C)CCOc1ccc(CC(OCC)C(=O)OCC)cc1)c1ccc(-c3ccccc3)cc1CC2. The molecule has 1 aliphatic rings. The smallest absolute Gasteiger partial charge is 0.335 e. The second kappa shape index (κ2) is 15.9. The van der Waals surface area contributed by atoms with Gasteiger partial charge in [0.15, 0.2) is 6.10 Å². The lowest BCUT2D eigenvalue weighted by Crippen LogP contribution is -2.30. The van der Waals surface area contributed by atoms with Crippen LogP contribution in [0.25, 0.3) is 11.1 Å². The van der Waals surface area contributed by atoms with E-state index in [0.717, 1.165) is 43.5 Å². The number of benzene rings is 4. The van der Waals surface area contributed by atoms with Gasteiger partial charge in [-0.05, 0) is 96.8 Å². The summed E-state index contributed by atoms with van der Waals surface area (Å²) in [5, 5.41) is 0. The molecule has 45 heavy (non-hydrogen) atoms. The molecule has 0 N–H and O–H groups in total. The molecule has 0 fully saturated rings. The highest BCUT2D eigenvalue weighted by Gasteiger charge is 2.28. The lowest BCUT2D eigenvalue weighted by atomic mass is 9.90. The van der Waals surface area contributed by atoms with Crippen LogP contribution in [0, 0.1) is 0 Å². The van der Waals surface area contributed by atoms with Crippen molar-refractivity contribution in [2.24, 2.45) is 0 Å². The van der Waals surface area contributed by atoms with Crippen molar-refractivity contribution >= 4 is 5.97 Å². The molecule has 2 unspecified atom stereocenters. The van der Waals surface area contributed by atoms with Gasteiger partial charge in [-0.25, -0.2) is 4.79 Å². The lowest BCUT2D eigenvalue weighted by Gasteiger charge is -2.31. The molecule has 4 aromatic rings. The monoisotopic (exact) mass is 605 g/mol. The van der Waals surface area contributed by atoms with Gasteiger partial charge in [-0.3, -0.25) is 4.90 Å². The Balaban J connectivity index is 1.32. The van der Waals surface area contributed by atoms with Crippen LogP contribution in [0.4, 0.5) is 0 Å². The summed E-state index contributed by atoms with van der Waals surface area (Å²) in [7, 11) is 2.22. The van der Waals surface area contributed by atoms with Gasteiger partial charge in [0.25, 0.3) is 0 Å². The Morgan fingerprint density at radius 3 is 2.29 bits per heavy atom. The normalized spacial score (nSPS) is 14.7. The zero-order valence-electron chi connectivity index (χ0n) is 27.3. The minimum Gasteiger partial charge on any atom is -0.492 e. The average molecular weight is 606 g/mol. The number of esters is 1. The van der Waals surface area contributed by atoms with Crippen LogP contribution >= 0.6 is 0 Å². The quantitative estimate of drug-likeness (QED) is 0.136. The number of carbonyl (C=O) groups is 1. The Bertz CT molecular complexity index is 1530. The molecule has 1 aliphatic carbocycles. The largest absolute Gasteiger partial charge is 0.492 e. The molecule has 5 nitrogen and oxygen atoms in total. The minimum absolute atomic E-state index is 0.156. The summed E-state index contributed by atoms with van der Waals surface area (Å²) in [5.74, 6) is 0.498. The predicted molar refractivity (Wildman–Crippen MR) is 182 cm³/mol. The highest BCUT2D eigenvalue weighted by atomic mass is 16.6. The molecule has 5 rings (SSSR count). The number of rotatable bonds is 14. The van der Waals surface area contributed by atoms with Crippen LogP contribution in [-0.4, -0.2) is 50.4 Å². The summed E-state index contributed by atoms with van der Waals surface area (Å²) in [5.41, 5.74) is 10.6. The van der Waals surface area contributed by atoms with Crippen molar-refractivity contribution in [3.8, 4) is 16.9 Å². The molecule has 0 radical (unpaired) electrons. The Morgan fingerprint density at radius 1 is 0.800 bits per heavy atom. The Morgan fingerprint density at radius 2 is 1.56 bits per heavy atom. The van der Waals surface area contributed by atoms with Gasteiger partial charge in [0.05, 0.1) is 12.6 Å². The number of nitrogens with zero attached hydrogens (tertiary/aromatic N) is 1. The maximum Gasteiger partial charge on any atom is 0.335 e. The summed E-state index contributed by atoms with van der Waals surface area (Å²) < 4.78 is 17.1. The highest BCUT2D eigenvalue weighted by molar-refractivity contribution is 5.75. The van der Waals surface area contributed by atoms with Crippen LogP contribution in [-0.2, 0) is 40.0 Å². The summed E-state index contributed by atoms with van der Waals surface area (Å²) >= 11 is 0. The Hall–Kier alpha value is -3.93. The van der Waals surface area contributed by atoms with Crippen molar-refractivity contribution in [1.82, 2.24) is 4.90 Å². The molecule has 2 atom stereocenters. The van der Waals surface area contributed by atoms with Gasteiger partial charge in [0.1, 0.15) is 12.4 Å². The summed E-state index contributed by atoms with van der Waals surface area (Å²) in [6.45, 7) is 8.09. The second-order valence-electron chi connectivity index (χ2n) is 11.8. The Kier molecular flexibility index (Phi) is 11.5. The molecule has 0 aliphatic heterocycles. The van der Waals surface area contributed by atoms with Gasteiger partial charge >= 0.3 is 5.97 Å². The van der Waals surface area contributed by atoms with Crippen LogP contribution in [0.1, 0.15) is 66.6 Å². The lowest BCUT2D eigenvalue weighted by molar-refractivity contribution is -0.156. The van der Waals surface area contributed by atoms with Crippen molar-refractivity contribution in [3.63, 3.8) is 0 Å². The first-order valence-electron chi connectivity index (χ1n) is 16.5. The highest BCUT2D eigenvalue weighted by Crippen LogP contribution is 2.38. The number of ether oxygens (including phenoxy) is 3. The standard InChI is InChI=1S/C40H47NO4/c1-5-11-29-14-17-32-18-19-34-28-33(31-12-9-8-10-13-31)20-23-36(34)39(37(32)26-29)41(4)24-25-45-35-21-15-30(16-22-35)27-38(43-6-2)40(42)44-7-3/h8-10,12-17,20-23,26,28,38-39H,5-7,11,18-19,24-25,27H2,1-4H3. The van der Waals surface area contributed by atoms with E-state index < -0.39 is 6.10 Å². The molecule has 0 amide bonds. The van der Waals surface area contributed by atoms with Gasteiger partial charge < -0.3 is 14.2 Å². The molecule has 0 aromatic heterocycles. The molecule has 0 saturated heterocycles. The van der Waals surface area contributed by atoms with E-state index in [9.17, 15) is 4.79 Å². The van der Waals surface area contributed by atoms with Crippen LogP contribution in [0.3, 0.4) is 0 Å². The van der Waals surface area contributed by atoms with E-state index in [4.69, 9.17) is 14.2 Å². The van der Waals surface area contributed by atoms with E-state index in [1.54, 1.807) is 0 Å². The van der Waals surface area contributed by atoms with Gasteiger partial charge in [0.2, 0.25) is 0 Å². The average Bonchev–Trinajstić information content (AvgIpc) is 3.22. The molecule has 236 valence electrons. The van der Waals surface area contributed by atoms with Crippen molar-refractivity contribution in [3.05, 3.63) is 124 Å². The molecule has 0 spiro atoms. The molecular formula is C40H47NO4. The number of hydrogen-bond donors (Lipinski definition) is 0. The number of fused-ring (bicyclic) bond motifs is 2. The number of aryl methyl sites for hydroxylation is 3. The predicted octanol–water partition coefficient (Wildman–Crippen LogP) is 8.02. The summed E-state index contributed by atoms with van der Waals surface area (Å²) in [6, 6.07) is 32.9. The third-order valence-corrected chi connectivity index (χ3v) is 8.67. The van der Waals surface area contributed by atoms with Crippen LogP contribution in [0.15, 0.2) is 91.0 Å². The van der Waals surface area contributed by atoms with Crippen molar-refractivity contribution in [2.45, 2.75) is 65.0 Å². The fourth-order valence-electron chi connectivity index (χ4n) is 6.40. The van der Waals surface area contributed by atoms with Gasteiger partial charge in [-0.15, -0.1) is 0 Å². The van der Waals surface area contributed by atoms with Crippen molar-refractivity contribution in [2.75, 3.05) is 33.4 Å². The van der Waals surface area contributed by atoms with E-state index in [-0.39, 0.29) is 12.0 Å². The first-order chi connectivity index (χ1) is 22.0. The zero-order chi connectivity index (χ0) is 31.6. The second-order valence-corrected chi connectivity index (χ2v) is 11.8. The maximum atomic E-state index is 12.3. The van der Waals surface area contributed by atoms with Crippen molar-refractivity contribution in [1.29, 1.82) is 0 Å². The van der Waals surface area contributed by atoms with E-state index in [0.29, 0.717) is 26.2 Å². The van der Waals surface area contributed by atoms with Crippen LogP contribution in [0.5, 0.6) is 5.75 Å². The molecular weight excluding hydrogens is 558 g/mol. The number of carbonyl (C=O) groups excluding carboxylic acids is 1. The number of likely N-dealkylation sites (N-methyl/N-ethyl adjacent to an activating group) is 1. The maximum absolute atomic E-state index is 12.3. The van der Waals surface area contributed by atoms with Gasteiger partial charge in [-0.2, -0.15) is 0 Å². The number of hydrogen-bond acceptors (Lipinski definition) is 5. The van der Waals surface area contributed by atoms with E-state index in [1.807, 2.05) is 38.1 Å². The van der Waals surface area contributed by atoms with Crippen LogP contribution in [0.2, 0.25) is 0 Å². The van der Waals surface area contributed by atoms with E-state index in [1.165, 1.54) is 38.9 Å². The minimum atomic E-state index is -0.595. The third kappa shape index (κ3) is 8.22. The zero-order valence-corrected chi connectivity index (χ0v) is 27.3. The first kappa shape index (κ1) is 32.5. The molecule has 5 heteroatoms. The van der Waals surface area contributed by atoms with Gasteiger partial charge in [-0.1, -0.05) is 92.2 Å². The molecule has 0 heterocycles. The van der Waals surface area contributed by atoms with Crippen molar-refractivity contribution < 1.29 is 19.0 Å². The van der Waals surface area contributed by atoms with E-state index >= 15 is 0 Å². The summed E-state index contributed by atoms with van der Waals surface area (Å²) in [4.78, 5) is 14.7. The van der Waals surface area contributed by atoms with Gasteiger partial charge in [0, 0.05) is 19.6 Å². The Labute approximate surface area is 269 Å². The fourth-order valence-corrected chi connectivity index (χ4v) is 6.40. The molecule has 0 bridgehead atoms. The molecule has 0 saturated carbocycles. The van der Waals surface area contributed by atoms with E-state index in [2.05, 4.69) is 85.6 Å².